The van der Waals surface area contributed by atoms with Crippen LogP contribution in [0.3, 0.4) is 0 Å². The largest absolute Gasteiger partial charge is 0.315 e. The van der Waals surface area contributed by atoms with Gasteiger partial charge in [0.1, 0.15) is 0 Å². The van der Waals surface area contributed by atoms with E-state index in [1.807, 2.05) is 5.38 Å². The van der Waals surface area contributed by atoms with Crippen LogP contribution in [0.4, 0.5) is 0 Å². The van der Waals surface area contributed by atoms with E-state index in [1.54, 1.807) is 0 Å². The number of nitrogens with zero attached hydrogens (tertiary/aromatic N) is 1. The smallest absolute Gasteiger partial charge is 0.304 e. The fraction of sp³-hybridized carbons (Fsp3) is 0.786. The molecule has 0 aromatic carbocycles. The molecule has 0 unspecified atom stereocenters. The van der Waals surface area contributed by atoms with Gasteiger partial charge in [-0.1, -0.05) is 30.6 Å². The Hall–Kier alpha value is -0.650. The Bertz CT molecular complexity index is 461. The van der Waals surface area contributed by atoms with Gasteiger partial charge in [0.15, 0.2) is 0 Å². The van der Waals surface area contributed by atoms with Crippen molar-refractivity contribution in [1.29, 1.82) is 0 Å². The van der Waals surface area contributed by atoms with Crippen LogP contribution in [-0.4, -0.2) is 35.1 Å². The van der Waals surface area contributed by atoms with Gasteiger partial charge in [-0.15, -0.1) is 0 Å². The zero-order valence-electron chi connectivity index (χ0n) is 11.4. The van der Waals surface area contributed by atoms with Crippen LogP contribution >= 0.6 is 11.3 Å². The van der Waals surface area contributed by atoms with Crippen molar-refractivity contribution in [3.63, 3.8) is 0 Å². The Balaban J connectivity index is 1.68. The molecule has 0 bridgehead atoms. The van der Waals surface area contributed by atoms with Crippen molar-refractivity contribution >= 4 is 11.3 Å². The fourth-order valence-corrected chi connectivity index (χ4v) is 4.12. The highest BCUT2D eigenvalue weighted by atomic mass is 32.1. The van der Waals surface area contributed by atoms with E-state index in [4.69, 9.17) is 0 Å². The van der Waals surface area contributed by atoms with E-state index < -0.39 is 0 Å². The molecule has 1 aliphatic heterocycles. The Morgan fingerprint density at radius 3 is 2.84 bits per heavy atom. The minimum absolute atomic E-state index is 0.0651. The van der Waals surface area contributed by atoms with Crippen molar-refractivity contribution < 1.29 is 0 Å². The summed E-state index contributed by atoms with van der Waals surface area (Å²) in [6, 6.07) is 0. The second kappa shape index (κ2) is 5.77. The maximum absolute atomic E-state index is 11.2. The second-order valence-corrected chi connectivity index (χ2v) is 6.85. The lowest BCUT2D eigenvalue weighted by Gasteiger charge is -2.40. The van der Waals surface area contributed by atoms with Crippen LogP contribution in [0.25, 0.3) is 0 Å². The minimum Gasteiger partial charge on any atom is -0.315 e. The summed E-state index contributed by atoms with van der Waals surface area (Å²) in [6.45, 7) is 4.29. The number of hydrogen-bond acceptors (Lipinski definition) is 4. The second-order valence-electron chi connectivity index (χ2n) is 6.01. The zero-order chi connectivity index (χ0) is 13.1. The molecule has 0 amide bonds. The molecule has 2 N–H and O–H groups in total. The lowest BCUT2D eigenvalue weighted by atomic mass is 9.81. The summed E-state index contributed by atoms with van der Waals surface area (Å²) >= 11 is 1.27. The number of aromatic nitrogens is 1. The Morgan fingerprint density at radius 1 is 1.26 bits per heavy atom. The first-order chi connectivity index (χ1) is 9.26. The molecule has 2 aliphatic rings. The van der Waals surface area contributed by atoms with Crippen molar-refractivity contribution in [2.45, 2.75) is 50.6 Å². The van der Waals surface area contributed by atoms with Gasteiger partial charge in [-0.2, -0.15) is 0 Å². The van der Waals surface area contributed by atoms with Gasteiger partial charge in [0, 0.05) is 29.7 Å². The van der Waals surface area contributed by atoms with Gasteiger partial charge in [-0.05, 0) is 32.4 Å². The monoisotopic (exact) mass is 281 g/mol. The minimum atomic E-state index is 0.0651. The predicted molar refractivity (Wildman–Crippen MR) is 78.7 cm³/mol. The molecule has 106 valence electrons. The molecule has 2 heterocycles. The summed E-state index contributed by atoms with van der Waals surface area (Å²) in [4.78, 5) is 16.7. The van der Waals surface area contributed by atoms with Gasteiger partial charge in [0.25, 0.3) is 0 Å². The van der Waals surface area contributed by atoms with Gasteiger partial charge in [-0.25, -0.2) is 0 Å². The molecule has 0 radical (unpaired) electrons. The van der Waals surface area contributed by atoms with Crippen molar-refractivity contribution in [3.8, 4) is 0 Å². The molecule has 3 rings (SSSR count). The Morgan fingerprint density at radius 2 is 2.11 bits per heavy atom. The molecule has 1 saturated heterocycles. The Labute approximate surface area is 118 Å². The maximum atomic E-state index is 11.2. The van der Waals surface area contributed by atoms with E-state index in [1.165, 1.54) is 49.9 Å². The van der Waals surface area contributed by atoms with Crippen molar-refractivity contribution in [1.82, 2.24) is 15.2 Å². The number of aromatic amines is 1. The summed E-state index contributed by atoms with van der Waals surface area (Å²) < 4.78 is 0. The van der Waals surface area contributed by atoms with Crippen molar-refractivity contribution in [2.75, 3.05) is 19.6 Å². The first-order valence-electron chi connectivity index (χ1n) is 7.40. The van der Waals surface area contributed by atoms with Gasteiger partial charge < -0.3 is 10.3 Å². The topological polar surface area (TPSA) is 48.1 Å². The molecular weight excluding hydrogens is 258 g/mol. The molecule has 2 fully saturated rings. The third kappa shape index (κ3) is 3.27. The first kappa shape index (κ1) is 13.3. The zero-order valence-corrected chi connectivity index (χ0v) is 12.2. The molecular formula is C14H23N3OS. The third-order valence-electron chi connectivity index (χ3n) is 4.45. The highest BCUT2D eigenvalue weighted by Crippen LogP contribution is 2.30. The van der Waals surface area contributed by atoms with E-state index in [0.717, 1.165) is 31.9 Å². The molecule has 0 atom stereocenters. The number of H-pyrrole nitrogens is 1. The van der Waals surface area contributed by atoms with Gasteiger partial charge >= 0.3 is 4.87 Å². The van der Waals surface area contributed by atoms with E-state index in [9.17, 15) is 4.79 Å². The van der Waals surface area contributed by atoms with Crippen LogP contribution in [-0.2, 0) is 6.54 Å². The molecule has 1 aromatic rings. The number of rotatable bonds is 2. The Kier molecular flexibility index (Phi) is 4.05. The molecule has 1 spiro atoms. The number of hydrogen-bond donors (Lipinski definition) is 2. The summed E-state index contributed by atoms with van der Waals surface area (Å²) in [5.41, 5.74) is 1.41. The number of nitrogens with one attached hydrogen (secondary N) is 2. The third-order valence-corrected chi connectivity index (χ3v) is 5.17. The maximum Gasteiger partial charge on any atom is 0.304 e. The lowest BCUT2D eigenvalue weighted by molar-refractivity contribution is 0.158. The summed E-state index contributed by atoms with van der Waals surface area (Å²) in [7, 11) is 0. The molecule has 5 heteroatoms. The SMILES string of the molecule is O=c1[nH]c(CN2CCCNC3(CCCCC3)C2)cs1. The summed E-state index contributed by atoms with van der Waals surface area (Å²) in [6.07, 6.45) is 7.93. The average molecular weight is 281 g/mol. The van der Waals surface area contributed by atoms with Crippen LogP contribution in [0.5, 0.6) is 0 Å². The lowest BCUT2D eigenvalue weighted by Crippen LogP contribution is -2.52. The summed E-state index contributed by atoms with van der Waals surface area (Å²) in [5, 5.41) is 5.77. The van der Waals surface area contributed by atoms with Gasteiger partial charge in [0.2, 0.25) is 0 Å². The highest BCUT2D eigenvalue weighted by molar-refractivity contribution is 7.07. The standard InChI is InChI=1S/C14H23N3OS/c18-13-16-12(10-19-13)9-17-8-4-7-15-14(11-17)5-2-1-3-6-14/h10,15H,1-9,11H2,(H,16,18). The highest BCUT2D eigenvalue weighted by Gasteiger charge is 2.34. The fourth-order valence-electron chi connectivity index (χ4n) is 3.55. The average Bonchev–Trinajstić information content (AvgIpc) is 2.71. The van der Waals surface area contributed by atoms with Crippen LogP contribution in [0, 0.1) is 0 Å². The van der Waals surface area contributed by atoms with E-state index in [2.05, 4.69) is 15.2 Å². The van der Waals surface area contributed by atoms with Crippen LogP contribution in [0.2, 0.25) is 0 Å². The van der Waals surface area contributed by atoms with Gasteiger partial charge in [0.05, 0.1) is 0 Å². The summed E-state index contributed by atoms with van der Waals surface area (Å²) in [5.74, 6) is 0. The number of thiazole rings is 1. The van der Waals surface area contributed by atoms with Crippen LogP contribution < -0.4 is 10.2 Å². The molecule has 4 nitrogen and oxygen atoms in total. The molecule has 19 heavy (non-hydrogen) atoms. The van der Waals surface area contributed by atoms with Gasteiger partial charge in [-0.3, -0.25) is 9.69 Å². The molecule has 1 aromatic heterocycles. The quantitative estimate of drug-likeness (QED) is 0.871. The van der Waals surface area contributed by atoms with E-state index in [-0.39, 0.29) is 4.87 Å². The van der Waals surface area contributed by atoms with Crippen molar-refractivity contribution in [2.24, 2.45) is 0 Å². The first-order valence-corrected chi connectivity index (χ1v) is 8.28. The van der Waals surface area contributed by atoms with E-state index >= 15 is 0 Å². The van der Waals surface area contributed by atoms with Crippen molar-refractivity contribution in [3.05, 3.63) is 20.7 Å². The van der Waals surface area contributed by atoms with E-state index in [0.29, 0.717) is 5.54 Å². The van der Waals surface area contributed by atoms with Crippen LogP contribution in [0.1, 0.15) is 44.2 Å². The normalized spacial score (nSPS) is 24.4. The predicted octanol–water partition coefficient (Wildman–Crippen LogP) is 1.93. The molecule has 1 saturated carbocycles. The van der Waals surface area contributed by atoms with Crippen LogP contribution in [0.15, 0.2) is 10.2 Å². The molecule has 1 aliphatic carbocycles.